The average molecular weight is 427 g/mol. The third-order valence-electron chi connectivity index (χ3n) is 4.59. The second-order valence-corrected chi connectivity index (χ2v) is 9.34. The molecule has 1 amide bonds. The van der Waals surface area contributed by atoms with Crippen molar-refractivity contribution in [2.24, 2.45) is 5.92 Å². The Morgan fingerprint density at radius 3 is 2.44 bits per heavy atom. The quantitative estimate of drug-likeness (QED) is 0.779. The Balaban J connectivity index is 1.58. The largest absolute Gasteiger partial charge is 0.325 e. The van der Waals surface area contributed by atoms with Crippen molar-refractivity contribution in [3.8, 4) is 0 Å². The third-order valence-corrected chi connectivity index (χ3v) is 7.00. The molecule has 0 unspecified atom stereocenters. The Labute approximate surface area is 169 Å². The Kier molecular flexibility index (Phi) is 6.42. The minimum atomic E-state index is -3.45. The van der Waals surface area contributed by atoms with E-state index in [-0.39, 0.29) is 17.6 Å². The number of carbonyl (C=O) groups excluding carboxylic acids is 1. The van der Waals surface area contributed by atoms with Gasteiger partial charge in [-0.3, -0.25) is 4.79 Å². The molecule has 0 spiro atoms. The van der Waals surface area contributed by atoms with E-state index in [1.807, 2.05) is 0 Å². The first-order valence-corrected chi connectivity index (χ1v) is 11.0. The number of halogens is 2. The Morgan fingerprint density at radius 2 is 1.78 bits per heavy atom. The Morgan fingerprint density at radius 1 is 1.07 bits per heavy atom. The molecule has 0 aromatic heterocycles. The second kappa shape index (κ2) is 8.61. The molecule has 1 aliphatic heterocycles. The highest BCUT2D eigenvalue weighted by Crippen LogP contribution is 2.26. The topological polar surface area (TPSA) is 66.5 Å². The van der Waals surface area contributed by atoms with Gasteiger partial charge < -0.3 is 5.32 Å². The van der Waals surface area contributed by atoms with E-state index in [0.717, 1.165) is 0 Å². The Hall–Kier alpha value is -1.60. The predicted molar refractivity (Wildman–Crippen MR) is 108 cm³/mol. The molecule has 1 saturated heterocycles. The number of benzene rings is 2. The summed E-state index contributed by atoms with van der Waals surface area (Å²) in [7, 11) is -3.45. The van der Waals surface area contributed by atoms with Gasteiger partial charge in [0.1, 0.15) is 0 Å². The Bertz CT molecular complexity index is 926. The van der Waals surface area contributed by atoms with Crippen LogP contribution in [0, 0.1) is 5.92 Å². The third kappa shape index (κ3) is 5.23. The van der Waals surface area contributed by atoms with Gasteiger partial charge in [-0.1, -0.05) is 47.5 Å². The zero-order valence-electron chi connectivity index (χ0n) is 14.6. The van der Waals surface area contributed by atoms with Crippen molar-refractivity contribution in [1.29, 1.82) is 0 Å². The fourth-order valence-corrected chi connectivity index (χ4v) is 5.07. The lowest BCUT2D eigenvalue weighted by molar-refractivity contribution is -0.120. The van der Waals surface area contributed by atoms with Crippen LogP contribution in [0.2, 0.25) is 10.0 Å². The van der Waals surface area contributed by atoms with Crippen LogP contribution in [0.5, 0.6) is 0 Å². The van der Waals surface area contributed by atoms with Crippen molar-refractivity contribution in [2.45, 2.75) is 18.6 Å². The van der Waals surface area contributed by atoms with Crippen LogP contribution in [0.25, 0.3) is 0 Å². The molecule has 5 nitrogen and oxygen atoms in total. The number of hydrogen-bond acceptors (Lipinski definition) is 3. The smallest absolute Gasteiger partial charge is 0.227 e. The summed E-state index contributed by atoms with van der Waals surface area (Å²) >= 11 is 12.0. The zero-order chi connectivity index (χ0) is 19.4. The molecule has 1 aliphatic rings. The van der Waals surface area contributed by atoms with Gasteiger partial charge in [0.05, 0.1) is 16.5 Å². The summed E-state index contributed by atoms with van der Waals surface area (Å²) in [4.78, 5) is 12.5. The fourth-order valence-electron chi connectivity index (χ4n) is 3.12. The van der Waals surface area contributed by atoms with Crippen molar-refractivity contribution in [3.05, 3.63) is 64.1 Å². The molecule has 27 heavy (non-hydrogen) atoms. The van der Waals surface area contributed by atoms with Crippen LogP contribution in [0.3, 0.4) is 0 Å². The van der Waals surface area contributed by atoms with Crippen molar-refractivity contribution in [2.75, 3.05) is 18.4 Å². The first-order chi connectivity index (χ1) is 12.8. The normalized spacial score (nSPS) is 16.2. The number of rotatable bonds is 5. The number of carbonyl (C=O) groups is 1. The lowest BCUT2D eigenvalue weighted by Gasteiger charge is -2.30. The molecule has 2 aromatic rings. The number of amides is 1. The molecule has 144 valence electrons. The molecular weight excluding hydrogens is 407 g/mol. The summed E-state index contributed by atoms with van der Waals surface area (Å²) in [5.74, 6) is -0.460. The molecule has 2 aromatic carbocycles. The number of piperidine rings is 1. The predicted octanol–water partition coefficient (Wildman–Crippen LogP) is 4.17. The molecule has 0 aliphatic carbocycles. The highest BCUT2D eigenvalue weighted by atomic mass is 35.5. The minimum Gasteiger partial charge on any atom is -0.325 e. The van der Waals surface area contributed by atoms with Crippen molar-refractivity contribution in [3.63, 3.8) is 0 Å². The van der Waals surface area contributed by atoms with Gasteiger partial charge in [-0.2, -0.15) is 0 Å². The molecule has 0 atom stereocenters. The van der Waals surface area contributed by atoms with Crippen LogP contribution in [0.15, 0.2) is 48.5 Å². The molecule has 1 N–H and O–H groups in total. The van der Waals surface area contributed by atoms with Crippen LogP contribution in [0.4, 0.5) is 5.69 Å². The highest BCUT2D eigenvalue weighted by Gasteiger charge is 2.31. The van der Waals surface area contributed by atoms with Gasteiger partial charge in [-0.15, -0.1) is 0 Å². The SMILES string of the molecule is O=C(Nc1ccccc1Cl)C1CCN(S(=O)(=O)Cc2cccc(Cl)c2)CC1. The van der Waals surface area contributed by atoms with E-state index in [2.05, 4.69) is 5.32 Å². The van der Waals surface area contributed by atoms with Gasteiger partial charge in [-0.05, 0) is 42.7 Å². The molecule has 8 heteroatoms. The summed E-state index contributed by atoms with van der Waals surface area (Å²) in [6.45, 7) is 0.646. The van der Waals surface area contributed by atoms with Gasteiger partial charge >= 0.3 is 0 Å². The molecule has 0 bridgehead atoms. The maximum Gasteiger partial charge on any atom is 0.227 e. The summed E-state index contributed by atoms with van der Waals surface area (Å²) < 4.78 is 26.7. The van der Waals surface area contributed by atoms with Gasteiger partial charge in [0.2, 0.25) is 15.9 Å². The van der Waals surface area contributed by atoms with Crippen LogP contribution in [-0.2, 0) is 20.6 Å². The van der Waals surface area contributed by atoms with Crippen molar-refractivity contribution >= 4 is 44.8 Å². The lowest BCUT2D eigenvalue weighted by Crippen LogP contribution is -2.41. The standard InChI is InChI=1S/C19H20Cl2N2O3S/c20-16-5-3-4-14(12-16)13-27(25,26)23-10-8-15(9-11-23)19(24)22-18-7-2-1-6-17(18)21/h1-7,12,15H,8-11,13H2,(H,22,24). The van der Waals surface area contributed by atoms with E-state index < -0.39 is 10.0 Å². The van der Waals surface area contributed by atoms with Gasteiger partial charge in [0, 0.05) is 24.0 Å². The van der Waals surface area contributed by atoms with Crippen molar-refractivity contribution < 1.29 is 13.2 Å². The summed E-state index contributed by atoms with van der Waals surface area (Å²) in [5.41, 5.74) is 1.22. The summed E-state index contributed by atoms with van der Waals surface area (Å²) in [6.07, 6.45) is 0.954. The lowest BCUT2D eigenvalue weighted by atomic mass is 9.97. The van der Waals surface area contributed by atoms with Gasteiger partial charge in [0.15, 0.2) is 0 Å². The van der Waals surface area contributed by atoms with Crippen molar-refractivity contribution in [1.82, 2.24) is 4.31 Å². The number of anilines is 1. The number of hydrogen-bond donors (Lipinski definition) is 1. The van der Waals surface area contributed by atoms with E-state index in [0.29, 0.717) is 47.2 Å². The zero-order valence-corrected chi connectivity index (χ0v) is 16.9. The van der Waals surface area contributed by atoms with E-state index in [1.165, 1.54) is 4.31 Å². The maximum absolute atomic E-state index is 12.6. The number of nitrogens with one attached hydrogen (secondary N) is 1. The van der Waals surface area contributed by atoms with Crippen LogP contribution in [-0.4, -0.2) is 31.7 Å². The molecule has 0 saturated carbocycles. The maximum atomic E-state index is 12.6. The molecule has 1 fully saturated rings. The van der Waals surface area contributed by atoms with E-state index >= 15 is 0 Å². The van der Waals surface area contributed by atoms with Crippen LogP contribution >= 0.6 is 23.2 Å². The monoisotopic (exact) mass is 426 g/mol. The average Bonchev–Trinajstić information content (AvgIpc) is 2.63. The first kappa shape index (κ1) is 20.1. The van der Waals surface area contributed by atoms with Crippen LogP contribution < -0.4 is 5.32 Å². The first-order valence-electron chi connectivity index (χ1n) is 8.63. The molecule has 1 heterocycles. The fraction of sp³-hybridized carbons (Fsp3) is 0.316. The van der Waals surface area contributed by atoms with Crippen LogP contribution in [0.1, 0.15) is 18.4 Å². The summed E-state index contributed by atoms with van der Waals surface area (Å²) in [5, 5.41) is 3.82. The molecule has 0 radical (unpaired) electrons. The number of para-hydroxylation sites is 1. The molecule has 3 rings (SSSR count). The van der Waals surface area contributed by atoms with E-state index in [9.17, 15) is 13.2 Å². The number of nitrogens with zero attached hydrogens (tertiary/aromatic N) is 1. The van der Waals surface area contributed by atoms with E-state index in [4.69, 9.17) is 23.2 Å². The molecular formula is C19H20Cl2N2O3S. The van der Waals surface area contributed by atoms with Gasteiger partial charge in [0.25, 0.3) is 0 Å². The van der Waals surface area contributed by atoms with E-state index in [1.54, 1.807) is 48.5 Å². The highest BCUT2D eigenvalue weighted by molar-refractivity contribution is 7.88. The minimum absolute atomic E-state index is 0.0932. The summed E-state index contributed by atoms with van der Waals surface area (Å²) in [6, 6.07) is 13.9. The number of sulfonamides is 1. The second-order valence-electron chi connectivity index (χ2n) is 6.53. The van der Waals surface area contributed by atoms with Gasteiger partial charge in [-0.25, -0.2) is 12.7 Å².